The van der Waals surface area contributed by atoms with Gasteiger partial charge in [0.15, 0.2) is 0 Å². The Morgan fingerprint density at radius 1 is 1.03 bits per heavy atom. The maximum absolute atomic E-state index is 13.2. The number of fused-ring (bicyclic) bond motifs is 1. The number of hydrogen-bond acceptors (Lipinski definition) is 5. The van der Waals surface area contributed by atoms with Crippen molar-refractivity contribution in [1.82, 2.24) is 9.91 Å². The van der Waals surface area contributed by atoms with Gasteiger partial charge in [0.25, 0.3) is 11.1 Å². The predicted molar refractivity (Wildman–Crippen MR) is 126 cm³/mol. The van der Waals surface area contributed by atoms with Gasteiger partial charge in [-0.25, -0.2) is 5.01 Å². The Bertz CT molecular complexity index is 1260. The minimum Gasteiger partial charge on any atom is -0.273 e. The zero-order valence-electron chi connectivity index (χ0n) is 16.9. The molecule has 32 heavy (non-hydrogen) atoms. The van der Waals surface area contributed by atoms with Gasteiger partial charge in [-0.2, -0.15) is 5.10 Å². The van der Waals surface area contributed by atoms with Crippen LogP contribution < -0.4 is 0 Å². The molecule has 0 N–H and O–H groups in total. The molecule has 160 valence electrons. The van der Waals surface area contributed by atoms with E-state index in [1.165, 1.54) is 5.01 Å². The minimum absolute atomic E-state index is 0.0678. The highest BCUT2D eigenvalue weighted by molar-refractivity contribution is 8.14. The summed E-state index contributed by atoms with van der Waals surface area (Å²) in [6.07, 6.45) is 0.516. The zero-order chi connectivity index (χ0) is 22.2. The molecule has 6 nitrogen and oxygen atoms in total. The topological polar surface area (TPSA) is 70.1 Å². The maximum atomic E-state index is 13.2. The number of thioether (sulfide) groups is 1. The first-order valence-corrected chi connectivity index (χ1v) is 11.5. The number of imide groups is 1. The average Bonchev–Trinajstić information content (AvgIpc) is 3.39. The average molecular weight is 464 g/mol. The van der Waals surface area contributed by atoms with Crippen LogP contribution in [-0.4, -0.2) is 45.0 Å². The third-order valence-electron chi connectivity index (χ3n) is 5.64. The molecule has 0 saturated carbocycles. The molecule has 2 aliphatic rings. The molecule has 1 saturated heterocycles. The van der Waals surface area contributed by atoms with Gasteiger partial charge in [0.2, 0.25) is 5.91 Å². The molecule has 5 rings (SSSR count). The van der Waals surface area contributed by atoms with Crippen molar-refractivity contribution in [2.45, 2.75) is 12.5 Å². The molecule has 0 bridgehead atoms. The second-order valence-electron chi connectivity index (χ2n) is 7.65. The molecule has 1 fully saturated rings. The van der Waals surface area contributed by atoms with Crippen LogP contribution in [0.5, 0.6) is 0 Å². The molecule has 1 unspecified atom stereocenters. The second kappa shape index (κ2) is 8.41. The summed E-state index contributed by atoms with van der Waals surface area (Å²) in [6, 6.07) is 21.1. The molecule has 8 heteroatoms. The van der Waals surface area contributed by atoms with Crippen LogP contribution in [0.25, 0.3) is 10.8 Å². The van der Waals surface area contributed by atoms with E-state index in [2.05, 4.69) is 11.2 Å². The third-order valence-corrected chi connectivity index (χ3v) is 6.75. The Hall–Kier alpha value is -3.16. The number of amides is 3. The first-order valence-electron chi connectivity index (χ1n) is 10.1. The molecule has 2 aliphatic heterocycles. The van der Waals surface area contributed by atoms with E-state index in [4.69, 9.17) is 11.6 Å². The Balaban J connectivity index is 1.49. The van der Waals surface area contributed by atoms with Crippen LogP contribution in [0.3, 0.4) is 0 Å². The Morgan fingerprint density at radius 2 is 1.78 bits per heavy atom. The summed E-state index contributed by atoms with van der Waals surface area (Å²) in [7, 11) is 0. The van der Waals surface area contributed by atoms with E-state index >= 15 is 0 Å². The monoisotopic (exact) mass is 463 g/mol. The van der Waals surface area contributed by atoms with Crippen LogP contribution in [0.2, 0.25) is 5.02 Å². The number of carbonyl (C=O) groups is 3. The van der Waals surface area contributed by atoms with Gasteiger partial charge in [-0.1, -0.05) is 71.9 Å². The van der Waals surface area contributed by atoms with E-state index in [9.17, 15) is 14.4 Å². The summed E-state index contributed by atoms with van der Waals surface area (Å²) in [4.78, 5) is 38.1. The maximum Gasteiger partial charge on any atom is 0.289 e. The van der Waals surface area contributed by atoms with Crippen molar-refractivity contribution < 1.29 is 14.4 Å². The van der Waals surface area contributed by atoms with E-state index in [1.54, 1.807) is 12.1 Å². The number of hydrazone groups is 1. The summed E-state index contributed by atoms with van der Waals surface area (Å²) in [5.74, 6) is -0.683. The molecule has 0 aromatic heterocycles. The van der Waals surface area contributed by atoms with E-state index in [0.717, 1.165) is 44.3 Å². The van der Waals surface area contributed by atoms with Crippen molar-refractivity contribution >= 4 is 56.9 Å². The number of carbonyl (C=O) groups excluding carboxylic acids is 3. The lowest BCUT2D eigenvalue weighted by atomic mass is 9.97. The van der Waals surface area contributed by atoms with Gasteiger partial charge in [0, 0.05) is 11.4 Å². The normalized spacial score (nSPS) is 18.5. The molecule has 0 aliphatic carbocycles. The van der Waals surface area contributed by atoms with Crippen molar-refractivity contribution in [3.63, 3.8) is 0 Å². The van der Waals surface area contributed by atoms with E-state index in [1.807, 2.05) is 48.5 Å². The fourth-order valence-corrected chi connectivity index (χ4v) is 4.82. The van der Waals surface area contributed by atoms with Gasteiger partial charge in [0.1, 0.15) is 6.54 Å². The molecule has 3 aromatic rings. The van der Waals surface area contributed by atoms with Gasteiger partial charge in [-0.15, -0.1) is 0 Å². The molecular weight excluding hydrogens is 446 g/mol. The lowest BCUT2D eigenvalue weighted by Gasteiger charge is -2.23. The van der Waals surface area contributed by atoms with Crippen molar-refractivity contribution in [3.05, 3.63) is 82.9 Å². The summed E-state index contributed by atoms with van der Waals surface area (Å²) in [5.41, 5.74) is 2.59. The van der Waals surface area contributed by atoms with Gasteiger partial charge in [-0.3, -0.25) is 19.3 Å². The summed E-state index contributed by atoms with van der Waals surface area (Å²) < 4.78 is 0. The van der Waals surface area contributed by atoms with Crippen LogP contribution in [0.1, 0.15) is 23.6 Å². The van der Waals surface area contributed by atoms with Crippen molar-refractivity contribution in [2.24, 2.45) is 5.10 Å². The molecule has 3 aromatic carbocycles. The molecular formula is C24H18ClN3O3S. The van der Waals surface area contributed by atoms with Gasteiger partial charge in [-0.05, 0) is 40.1 Å². The molecule has 3 amide bonds. The minimum atomic E-state index is -0.399. The van der Waals surface area contributed by atoms with E-state index in [-0.39, 0.29) is 24.2 Å². The fraction of sp³-hybridized carbons (Fsp3) is 0.167. The first-order chi connectivity index (χ1) is 15.5. The van der Waals surface area contributed by atoms with Gasteiger partial charge < -0.3 is 0 Å². The van der Waals surface area contributed by atoms with E-state index in [0.29, 0.717) is 11.4 Å². The van der Waals surface area contributed by atoms with Crippen LogP contribution in [0, 0.1) is 0 Å². The molecule has 0 radical (unpaired) electrons. The van der Waals surface area contributed by atoms with Crippen molar-refractivity contribution in [2.75, 3.05) is 12.3 Å². The quantitative estimate of drug-likeness (QED) is 0.553. The van der Waals surface area contributed by atoms with Gasteiger partial charge in [0.05, 0.1) is 17.5 Å². The van der Waals surface area contributed by atoms with Crippen LogP contribution in [-0.2, 0) is 9.59 Å². The number of nitrogens with zero attached hydrogens (tertiary/aromatic N) is 3. The highest BCUT2D eigenvalue weighted by Gasteiger charge is 2.37. The molecule has 2 heterocycles. The number of benzene rings is 3. The van der Waals surface area contributed by atoms with Crippen LogP contribution in [0.4, 0.5) is 4.79 Å². The van der Waals surface area contributed by atoms with Crippen molar-refractivity contribution in [1.29, 1.82) is 0 Å². The summed E-state index contributed by atoms with van der Waals surface area (Å²) in [6.45, 7) is -0.316. The SMILES string of the molecule is O=C1CSC(=O)N1CC(=O)N1N=C(c2ccc3ccccc3c2)CC1c1ccc(Cl)cc1. The highest BCUT2D eigenvalue weighted by atomic mass is 35.5. The summed E-state index contributed by atoms with van der Waals surface area (Å²) in [5, 5.41) is 8.47. The Labute approximate surface area is 193 Å². The number of hydrogen-bond donors (Lipinski definition) is 0. The Morgan fingerprint density at radius 3 is 2.50 bits per heavy atom. The summed E-state index contributed by atoms with van der Waals surface area (Å²) >= 11 is 6.96. The second-order valence-corrected chi connectivity index (χ2v) is 9.02. The number of rotatable bonds is 4. The Kier molecular flexibility index (Phi) is 5.45. The smallest absolute Gasteiger partial charge is 0.273 e. The van der Waals surface area contributed by atoms with E-state index < -0.39 is 11.1 Å². The van der Waals surface area contributed by atoms with Crippen LogP contribution in [0.15, 0.2) is 71.8 Å². The van der Waals surface area contributed by atoms with Gasteiger partial charge >= 0.3 is 0 Å². The van der Waals surface area contributed by atoms with Crippen molar-refractivity contribution in [3.8, 4) is 0 Å². The fourth-order valence-electron chi connectivity index (χ4n) is 3.97. The predicted octanol–water partition coefficient (Wildman–Crippen LogP) is 4.87. The molecule has 0 spiro atoms. The standard InChI is InChI=1S/C24H18ClN3O3S/c25-19-9-7-16(8-10-19)21-12-20(18-6-5-15-3-1-2-4-17(15)11-18)26-28(21)22(29)13-27-23(30)14-32-24(27)31/h1-11,21H,12-14H2. The lowest BCUT2D eigenvalue weighted by molar-refractivity contribution is -0.137. The largest absolute Gasteiger partial charge is 0.289 e. The number of halogens is 1. The van der Waals surface area contributed by atoms with Crippen LogP contribution >= 0.6 is 23.4 Å². The molecule has 1 atom stereocenters. The third kappa shape index (κ3) is 3.89. The lowest BCUT2D eigenvalue weighted by Crippen LogP contribution is -2.40. The highest BCUT2D eigenvalue weighted by Crippen LogP contribution is 2.34. The first kappa shape index (κ1) is 20.7. The zero-order valence-corrected chi connectivity index (χ0v) is 18.5.